The van der Waals surface area contributed by atoms with Crippen molar-refractivity contribution < 1.29 is 33.5 Å². The molecule has 1 aromatic carbocycles. The normalized spacial score (nSPS) is 12.4. The molecule has 0 bridgehead atoms. The zero-order valence-corrected chi connectivity index (χ0v) is 22.8. The Morgan fingerprint density at radius 3 is 1.72 bits per heavy atom. The lowest BCUT2D eigenvalue weighted by Crippen LogP contribution is -2.46. The van der Waals surface area contributed by atoms with Gasteiger partial charge in [-0.05, 0) is 74.4 Å². The van der Waals surface area contributed by atoms with Gasteiger partial charge in [-0.1, -0.05) is 19.1 Å². The maximum atomic E-state index is 13.1. The van der Waals surface area contributed by atoms with Crippen LogP contribution >= 0.6 is 0 Å². The fourth-order valence-corrected chi connectivity index (χ4v) is 2.40. The van der Waals surface area contributed by atoms with Gasteiger partial charge in [0.05, 0.1) is 5.60 Å². The Morgan fingerprint density at radius 1 is 0.778 bits per heavy atom. The van der Waals surface area contributed by atoms with E-state index < -0.39 is 34.9 Å². The van der Waals surface area contributed by atoms with Gasteiger partial charge in [-0.15, -0.1) is 5.06 Å². The number of carbonyl (C=O) groups is 4. The number of benzene rings is 1. The second-order valence-corrected chi connectivity index (χ2v) is 10.8. The third-order valence-electron chi connectivity index (χ3n) is 3.75. The second-order valence-electron chi connectivity index (χ2n) is 10.8. The molecule has 36 heavy (non-hydrogen) atoms. The number of ether oxygens (including phenoxy) is 2. The molecule has 11 heteroatoms. The lowest BCUT2D eigenvalue weighted by atomic mass is 10.1. The van der Waals surface area contributed by atoms with E-state index in [0.717, 1.165) is 5.06 Å². The molecule has 1 aromatic rings. The minimum atomic E-state index is -0.951. The Balaban J connectivity index is 3.50. The smallest absolute Gasteiger partial charge is 0.440 e. The van der Waals surface area contributed by atoms with E-state index in [1.165, 1.54) is 24.3 Å². The van der Waals surface area contributed by atoms with Crippen molar-refractivity contribution in [2.45, 2.75) is 92.5 Å². The summed E-state index contributed by atoms with van der Waals surface area (Å²) >= 11 is 0. The fourth-order valence-electron chi connectivity index (χ4n) is 2.40. The summed E-state index contributed by atoms with van der Waals surface area (Å²) < 4.78 is 10.8. The summed E-state index contributed by atoms with van der Waals surface area (Å²) in [5.74, 6) is -1.09. The summed E-state index contributed by atoms with van der Waals surface area (Å²) in [5, 5.41) is 0.797. The van der Waals surface area contributed by atoms with Crippen LogP contribution in [0.3, 0.4) is 0 Å². The maximum absolute atomic E-state index is 13.1. The first kappa shape index (κ1) is 30.6. The van der Waals surface area contributed by atoms with Crippen LogP contribution in [0, 0.1) is 0 Å². The number of hydroxylamine groups is 2. The molecule has 0 atom stereocenters. The first-order chi connectivity index (χ1) is 16.3. The Hall–Kier alpha value is -3.47. The van der Waals surface area contributed by atoms with Crippen LogP contribution in [0.25, 0.3) is 0 Å². The summed E-state index contributed by atoms with van der Waals surface area (Å²) in [7, 11) is 0. The first-order valence-electron chi connectivity index (χ1n) is 11.5. The highest BCUT2D eigenvalue weighted by Gasteiger charge is 2.33. The molecule has 0 aliphatic heterocycles. The number of hydrazine groups is 1. The van der Waals surface area contributed by atoms with E-state index in [9.17, 15) is 19.2 Å². The fraction of sp³-hybridized carbons (Fsp3) is 0.560. The van der Waals surface area contributed by atoms with Gasteiger partial charge >= 0.3 is 12.2 Å². The predicted molar refractivity (Wildman–Crippen MR) is 134 cm³/mol. The molecule has 200 valence electrons. The largest absolute Gasteiger partial charge is 0.442 e. The summed E-state index contributed by atoms with van der Waals surface area (Å²) in [6.07, 6.45) is -1.64. The molecule has 4 amide bonds. The van der Waals surface area contributed by atoms with Crippen LogP contribution in [0.15, 0.2) is 29.3 Å². The molecule has 0 aliphatic carbocycles. The summed E-state index contributed by atoms with van der Waals surface area (Å²) in [5.41, 5.74) is 2.50. The van der Waals surface area contributed by atoms with Crippen LogP contribution in [0.4, 0.5) is 9.59 Å². The van der Waals surface area contributed by atoms with Gasteiger partial charge in [0.25, 0.3) is 5.91 Å². The second kappa shape index (κ2) is 12.0. The molecule has 1 rings (SSSR count). The van der Waals surface area contributed by atoms with Crippen molar-refractivity contribution >= 4 is 29.8 Å². The Bertz CT molecular complexity index is 982. The molecule has 0 spiro atoms. The number of rotatable bonds is 4. The molecule has 0 unspecified atom stereocenters. The third-order valence-corrected chi connectivity index (χ3v) is 3.75. The van der Waals surface area contributed by atoms with Crippen LogP contribution in [-0.4, -0.2) is 51.7 Å². The standard InChI is InChI=1S/C25H38N4O7/c1-11-18(30)27-28-20(31)17-14-12-16(13-15-17)19(26-21(32)34-23(2,3)4)29(36-25(8,9)10)22(33)35-24(5,6)7/h12-15H,11H2,1-10H3,(H,27,30)(H,28,31). The molecule has 0 saturated carbocycles. The Kier molecular flexibility index (Phi) is 10.2. The average molecular weight is 507 g/mol. The van der Waals surface area contributed by atoms with Gasteiger partial charge < -0.3 is 9.47 Å². The average Bonchev–Trinajstić information content (AvgIpc) is 2.71. The van der Waals surface area contributed by atoms with E-state index in [4.69, 9.17) is 14.3 Å². The number of hydrogen-bond donors (Lipinski definition) is 2. The lowest BCUT2D eigenvalue weighted by Gasteiger charge is -2.32. The lowest BCUT2D eigenvalue weighted by molar-refractivity contribution is -0.169. The number of nitrogens with one attached hydrogen (secondary N) is 2. The van der Waals surface area contributed by atoms with Gasteiger partial charge in [-0.3, -0.25) is 25.3 Å². The minimum Gasteiger partial charge on any atom is -0.442 e. The van der Waals surface area contributed by atoms with Crippen LogP contribution in [-0.2, 0) is 19.1 Å². The SMILES string of the molecule is CCC(=O)NNC(=O)c1ccc(C(=NC(=O)OC(C)(C)C)N(OC(C)(C)C)C(=O)OC(C)(C)C)cc1. The van der Waals surface area contributed by atoms with Crippen molar-refractivity contribution in [3.05, 3.63) is 35.4 Å². The Labute approximate surface area is 212 Å². The van der Waals surface area contributed by atoms with Crippen LogP contribution < -0.4 is 10.9 Å². The van der Waals surface area contributed by atoms with Crippen LogP contribution in [0.5, 0.6) is 0 Å². The van der Waals surface area contributed by atoms with Crippen molar-refractivity contribution in [2.75, 3.05) is 0 Å². The molecular formula is C25H38N4O7. The molecule has 0 aromatic heterocycles. The van der Waals surface area contributed by atoms with Crippen molar-refractivity contribution in [3.63, 3.8) is 0 Å². The van der Waals surface area contributed by atoms with E-state index in [1.807, 2.05) is 0 Å². The number of nitrogens with zero attached hydrogens (tertiary/aromatic N) is 2. The van der Waals surface area contributed by atoms with Crippen molar-refractivity contribution in [3.8, 4) is 0 Å². The van der Waals surface area contributed by atoms with Crippen molar-refractivity contribution in [1.29, 1.82) is 0 Å². The molecule has 0 heterocycles. The molecular weight excluding hydrogens is 468 g/mol. The van der Waals surface area contributed by atoms with Gasteiger partial charge in [-0.25, -0.2) is 9.59 Å². The summed E-state index contributed by atoms with van der Waals surface area (Å²) in [6, 6.07) is 5.84. The third kappa shape index (κ3) is 11.3. The highest BCUT2D eigenvalue weighted by atomic mass is 16.7. The highest BCUT2D eigenvalue weighted by Crippen LogP contribution is 2.20. The maximum Gasteiger partial charge on any atom is 0.440 e. The zero-order chi connectivity index (χ0) is 27.9. The first-order valence-corrected chi connectivity index (χ1v) is 11.5. The van der Waals surface area contributed by atoms with Gasteiger partial charge in [0.1, 0.15) is 11.2 Å². The summed E-state index contributed by atoms with van der Waals surface area (Å²) in [6.45, 7) is 16.9. The monoisotopic (exact) mass is 506 g/mol. The van der Waals surface area contributed by atoms with Gasteiger partial charge in [0, 0.05) is 17.5 Å². The van der Waals surface area contributed by atoms with Crippen LogP contribution in [0.2, 0.25) is 0 Å². The molecule has 0 saturated heterocycles. The number of carbonyl (C=O) groups excluding carboxylic acids is 4. The Morgan fingerprint density at radius 2 is 1.28 bits per heavy atom. The number of amides is 4. The van der Waals surface area contributed by atoms with Crippen molar-refractivity contribution in [2.24, 2.45) is 4.99 Å². The highest BCUT2D eigenvalue weighted by molar-refractivity contribution is 6.09. The molecule has 11 nitrogen and oxygen atoms in total. The predicted octanol–water partition coefficient (Wildman–Crippen LogP) is 4.51. The molecule has 0 radical (unpaired) electrons. The number of hydrogen-bond acceptors (Lipinski definition) is 7. The summed E-state index contributed by atoms with van der Waals surface area (Å²) in [4.78, 5) is 59.3. The molecule has 0 fully saturated rings. The van der Waals surface area contributed by atoms with Gasteiger partial charge in [0.2, 0.25) is 5.91 Å². The van der Waals surface area contributed by atoms with Crippen LogP contribution in [0.1, 0.15) is 91.6 Å². The quantitative estimate of drug-likeness (QED) is 0.348. The van der Waals surface area contributed by atoms with E-state index in [-0.39, 0.29) is 29.3 Å². The molecule has 2 N–H and O–H groups in total. The van der Waals surface area contributed by atoms with E-state index in [1.54, 1.807) is 69.2 Å². The van der Waals surface area contributed by atoms with Gasteiger partial charge in [-0.2, -0.15) is 4.99 Å². The minimum absolute atomic E-state index is 0.195. The number of amidine groups is 1. The van der Waals surface area contributed by atoms with E-state index >= 15 is 0 Å². The zero-order valence-electron chi connectivity index (χ0n) is 22.8. The molecule has 0 aliphatic rings. The number of aliphatic imine (C=N–C) groups is 1. The van der Waals surface area contributed by atoms with E-state index in [0.29, 0.717) is 0 Å². The van der Waals surface area contributed by atoms with Gasteiger partial charge in [0.15, 0.2) is 5.84 Å². The topological polar surface area (TPSA) is 136 Å². The van der Waals surface area contributed by atoms with Crippen molar-refractivity contribution in [1.82, 2.24) is 15.9 Å². The van der Waals surface area contributed by atoms with E-state index in [2.05, 4.69) is 15.8 Å².